The summed E-state index contributed by atoms with van der Waals surface area (Å²) < 4.78 is 82.8. The lowest BCUT2D eigenvalue weighted by atomic mass is 10.1. The lowest BCUT2D eigenvalue weighted by Gasteiger charge is -2.17. The second-order valence-electron chi connectivity index (χ2n) is 13.3. The van der Waals surface area contributed by atoms with Crippen LogP contribution in [0.15, 0.2) is 120 Å². The Bertz CT molecular complexity index is 3070. The first-order valence-electron chi connectivity index (χ1n) is 19.5. The van der Waals surface area contributed by atoms with Gasteiger partial charge in [0.2, 0.25) is 0 Å². The van der Waals surface area contributed by atoms with Crippen LogP contribution in [0.4, 0.5) is 18.9 Å². The third kappa shape index (κ3) is 10.8. The molecular formula is C43H38F3N7O12S. The molecule has 0 aliphatic carbocycles. The summed E-state index contributed by atoms with van der Waals surface area (Å²) in [5.41, 5.74) is -6.66. The molecule has 19 nitrogen and oxygen atoms in total. The van der Waals surface area contributed by atoms with Gasteiger partial charge in [0, 0.05) is 18.9 Å². The van der Waals surface area contributed by atoms with Crippen LogP contribution in [0, 0.1) is 0 Å². The van der Waals surface area contributed by atoms with Gasteiger partial charge in [0.05, 0.1) is 36.8 Å². The fourth-order valence-corrected chi connectivity index (χ4v) is 6.47. The highest BCUT2D eigenvalue weighted by Gasteiger charge is 2.49. The van der Waals surface area contributed by atoms with E-state index in [1.54, 1.807) is 44.4 Å². The Balaban J connectivity index is 0.000000219. The van der Waals surface area contributed by atoms with Crippen molar-refractivity contribution in [1.29, 1.82) is 0 Å². The van der Waals surface area contributed by atoms with E-state index in [0.717, 1.165) is 34.1 Å². The fraction of sp³-hybridized carbons (Fsp3) is 0.209. The van der Waals surface area contributed by atoms with Gasteiger partial charge in [0.1, 0.15) is 31.6 Å². The summed E-state index contributed by atoms with van der Waals surface area (Å²) in [6, 6.07) is 25.3. The molecule has 0 unspecified atom stereocenters. The Morgan fingerprint density at radius 2 is 1.17 bits per heavy atom. The summed E-state index contributed by atoms with van der Waals surface area (Å²) >= 11 is 0. The van der Waals surface area contributed by atoms with Gasteiger partial charge in [0.25, 0.3) is 0 Å². The Morgan fingerprint density at radius 1 is 0.682 bits per heavy atom. The van der Waals surface area contributed by atoms with Crippen LogP contribution in [-0.4, -0.2) is 75.6 Å². The van der Waals surface area contributed by atoms with Crippen LogP contribution >= 0.6 is 0 Å². The quantitative estimate of drug-likeness (QED) is 0.0759. The molecule has 1 N–H and O–H groups in total. The second-order valence-corrected chi connectivity index (χ2v) is 14.9. The van der Waals surface area contributed by atoms with Crippen molar-refractivity contribution in [1.82, 2.24) is 29.4 Å². The molecule has 7 rings (SSSR count). The van der Waals surface area contributed by atoms with Crippen molar-refractivity contribution >= 4 is 49.8 Å². The summed E-state index contributed by atoms with van der Waals surface area (Å²) in [5, 5.41) is 3.15. The standard InChI is InChI=1S/C25H24N4O5.C18H14F3N3O7S/c1-3-33-25(31)21-22(27-13-17-9-11-19(32-2)12-10-17)20-14-26-16-28-23(20)29(24(21)30)34-15-18-7-5-4-6-8-18;1-2-29-17(26)13-14(31-32(27,28)18(19,20)21)12-8-22-10-23-15(12)24(16(13)25)30-9-11-6-4-3-5-7-11/h4-12,14,16,27H,3,13,15H2,1-2H3;3-8,10H,2,9H2,1H3. The Kier molecular flexibility index (Phi) is 15.1. The second kappa shape index (κ2) is 21.1. The van der Waals surface area contributed by atoms with Crippen LogP contribution in [0.5, 0.6) is 11.5 Å². The molecule has 0 saturated heterocycles. The maximum Gasteiger partial charge on any atom is 0.534 e. The molecule has 0 atom stereocenters. The first-order chi connectivity index (χ1) is 31.7. The van der Waals surface area contributed by atoms with Crippen molar-refractivity contribution in [3.63, 3.8) is 0 Å². The highest BCUT2D eigenvalue weighted by atomic mass is 32.2. The van der Waals surface area contributed by atoms with Crippen molar-refractivity contribution in [2.75, 3.05) is 25.6 Å². The number of halogens is 3. The minimum atomic E-state index is -6.25. The van der Waals surface area contributed by atoms with Crippen molar-refractivity contribution in [3.05, 3.63) is 159 Å². The van der Waals surface area contributed by atoms with Gasteiger partial charge in [-0.25, -0.2) is 29.5 Å². The number of carbonyl (C=O) groups is 2. The molecule has 7 aromatic rings. The normalized spacial score (nSPS) is 11.2. The number of benzene rings is 3. The van der Waals surface area contributed by atoms with Gasteiger partial charge < -0.3 is 33.4 Å². The molecule has 4 aromatic heterocycles. The van der Waals surface area contributed by atoms with Crippen LogP contribution in [0.2, 0.25) is 0 Å². The number of pyridine rings is 2. The number of nitrogens with one attached hydrogen (secondary N) is 1. The maximum absolute atomic E-state index is 13.5. The number of aromatic nitrogens is 6. The molecule has 0 aliphatic rings. The molecule has 3 aromatic carbocycles. The number of alkyl halides is 3. The number of hydrogen-bond donors (Lipinski definition) is 1. The number of rotatable bonds is 16. The monoisotopic (exact) mass is 933 g/mol. The first-order valence-corrected chi connectivity index (χ1v) is 20.9. The van der Waals surface area contributed by atoms with E-state index in [1.807, 2.05) is 54.6 Å². The van der Waals surface area contributed by atoms with Crippen molar-refractivity contribution in [2.45, 2.75) is 39.1 Å². The van der Waals surface area contributed by atoms with Crippen LogP contribution in [0.3, 0.4) is 0 Å². The molecule has 0 amide bonds. The van der Waals surface area contributed by atoms with Gasteiger partial charge in [-0.3, -0.25) is 9.59 Å². The number of ether oxygens (including phenoxy) is 3. The van der Waals surface area contributed by atoms with Crippen LogP contribution in [0.25, 0.3) is 22.1 Å². The molecule has 4 heterocycles. The third-order valence-corrected chi connectivity index (χ3v) is 9.98. The van der Waals surface area contributed by atoms with Gasteiger partial charge in [-0.2, -0.15) is 21.6 Å². The molecule has 0 bridgehead atoms. The molecule has 0 fully saturated rings. The number of hydrogen-bond acceptors (Lipinski definition) is 17. The largest absolute Gasteiger partial charge is 0.534 e. The molecule has 23 heteroatoms. The van der Waals surface area contributed by atoms with E-state index >= 15 is 0 Å². The number of methoxy groups -OCH3 is 1. The molecule has 0 aliphatic heterocycles. The van der Waals surface area contributed by atoms with E-state index in [9.17, 15) is 40.8 Å². The average molecular weight is 934 g/mol. The van der Waals surface area contributed by atoms with E-state index in [-0.39, 0.29) is 43.3 Å². The Hall–Kier alpha value is -8.08. The minimum Gasteiger partial charge on any atom is -0.497 e. The van der Waals surface area contributed by atoms with Gasteiger partial charge >= 0.3 is 38.7 Å². The van der Waals surface area contributed by atoms with Crippen molar-refractivity contribution in [3.8, 4) is 11.5 Å². The van der Waals surface area contributed by atoms with E-state index in [2.05, 4.69) is 29.4 Å². The zero-order chi connectivity index (χ0) is 47.4. The number of anilines is 1. The maximum atomic E-state index is 13.5. The molecule has 344 valence electrons. The van der Waals surface area contributed by atoms with Crippen molar-refractivity contribution in [2.24, 2.45) is 0 Å². The van der Waals surface area contributed by atoms with Gasteiger partial charge in [0.15, 0.2) is 28.2 Å². The number of carbonyl (C=O) groups excluding carboxylic acids is 2. The highest BCUT2D eigenvalue weighted by molar-refractivity contribution is 7.88. The minimum absolute atomic E-state index is 0.112. The predicted molar refractivity (Wildman–Crippen MR) is 229 cm³/mol. The van der Waals surface area contributed by atoms with Crippen LogP contribution < -0.4 is 35.0 Å². The first kappa shape index (κ1) is 47.4. The lowest BCUT2D eigenvalue weighted by Crippen LogP contribution is -2.35. The topological polar surface area (TPSA) is 231 Å². The number of nitrogens with zero attached hydrogens (tertiary/aromatic N) is 6. The third-order valence-electron chi connectivity index (χ3n) is 9.03. The summed E-state index contributed by atoms with van der Waals surface area (Å²) in [6.45, 7) is 3.16. The molecule has 0 spiro atoms. The van der Waals surface area contributed by atoms with Gasteiger partial charge in [-0.15, -0.1) is 9.46 Å². The number of fused-ring (bicyclic) bond motifs is 2. The molecule has 66 heavy (non-hydrogen) atoms. The highest BCUT2D eigenvalue weighted by Crippen LogP contribution is 2.33. The van der Waals surface area contributed by atoms with E-state index in [4.69, 9.17) is 23.9 Å². The Morgan fingerprint density at radius 3 is 1.67 bits per heavy atom. The summed E-state index contributed by atoms with van der Waals surface area (Å²) in [4.78, 5) is 78.7. The van der Waals surface area contributed by atoms with Gasteiger partial charge in [-0.05, 0) is 42.7 Å². The summed E-state index contributed by atoms with van der Waals surface area (Å²) in [7, 11) is -4.65. The summed E-state index contributed by atoms with van der Waals surface area (Å²) in [5.74, 6) is -2.67. The zero-order valence-corrected chi connectivity index (χ0v) is 35.9. The zero-order valence-electron chi connectivity index (χ0n) is 35.1. The van der Waals surface area contributed by atoms with E-state index < -0.39 is 61.0 Å². The number of esters is 2. The lowest BCUT2D eigenvalue weighted by molar-refractivity contribution is -0.0500. The van der Waals surface area contributed by atoms with E-state index in [1.165, 1.54) is 19.4 Å². The molecular weight excluding hydrogens is 896 g/mol. The van der Waals surface area contributed by atoms with Gasteiger partial charge in [-0.1, -0.05) is 72.8 Å². The molecule has 0 radical (unpaired) electrons. The van der Waals surface area contributed by atoms with Crippen LogP contribution in [-0.2, 0) is 39.4 Å². The average Bonchev–Trinajstić information content (AvgIpc) is 3.31. The van der Waals surface area contributed by atoms with E-state index in [0.29, 0.717) is 22.2 Å². The fourth-order valence-electron chi connectivity index (χ4n) is 5.98. The smallest absolute Gasteiger partial charge is 0.497 e. The van der Waals surface area contributed by atoms with Crippen molar-refractivity contribution < 1.29 is 59.2 Å². The molecule has 0 saturated carbocycles. The SMILES string of the molecule is CCOC(=O)c1c(NCc2ccc(OC)cc2)c2cncnc2n(OCc2ccccc2)c1=O.CCOC(=O)c1c(OS(=O)(=O)C(F)(F)F)c2cncnc2n(OCc2ccccc2)c1=O. The summed E-state index contributed by atoms with van der Waals surface area (Å²) in [6.07, 6.45) is 4.66. The van der Waals surface area contributed by atoms with Crippen LogP contribution in [0.1, 0.15) is 51.3 Å². The predicted octanol–water partition coefficient (Wildman–Crippen LogP) is 5.04. The Labute approximate surface area is 372 Å².